The van der Waals surface area contributed by atoms with Crippen molar-refractivity contribution in [2.45, 2.75) is 103 Å². The molecule has 42 heavy (non-hydrogen) atoms. The van der Waals surface area contributed by atoms with Gasteiger partial charge in [-0.2, -0.15) is 4.98 Å². The molecule has 2 atom stereocenters. The molecule has 3 fully saturated rings. The molecule has 0 amide bonds. The molecule has 1 N–H and O–H groups in total. The molecular weight excluding hydrogens is 532 g/mol. The van der Waals surface area contributed by atoms with Gasteiger partial charge in [0.2, 0.25) is 11.6 Å². The first-order valence-electron chi connectivity index (χ1n) is 15.6. The third kappa shape index (κ3) is 7.56. The number of carbonyl (C=O) groups excluding carboxylic acids is 2. The third-order valence-corrected chi connectivity index (χ3v) is 8.64. The van der Waals surface area contributed by atoms with Crippen LogP contribution < -0.4 is 10.2 Å². The number of esters is 2. The van der Waals surface area contributed by atoms with E-state index in [1.54, 1.807) is 6.92 Å². The summed E-state index contributed by atoms with van der Waals surface area (Å²) in [5, 5.41) is 11.9. The third-order valence-electron chi connectivity index (χ3n) is 8.64. The molecule has 0 radical (unpaired) electrons. The quantitative estimate of drug-likeness (QED) is 0.385. The molecule has 0 unspecified atom stereocenters. The van der Waals surface area contributed by atoms with Crippen molar-refractivity contribution in [3.63, 3.8) is 0 Å². The monoisotopic (exact) mass is 578 g/mol. The van der Waals surface area contributed by atoms with E-state index in [1.807, 2.05) is 32.9 Å². The summed E-state index contributed by atoms with van der Waals surface area (Å²) in [6, 6.07) is 9.27. The van der Waals surface area contributed by atoms with Crippen LogP contribution in [0, 0.1) is 5.92 Å². The maximum absolute atomic E-state index is 12.8. The van der Waals surface area contributed by atoms with Gasteiger partial charge >= 0.3 is 11.9 Å². The molecular formula is C32H46N6O4. The van der Waals surface area contributed by atoms with Crippen molar-refractivity contribution < 1.29 is 19.1 Å². The van der Waals surface area contributed by atoms with Gasteiger partial charge in [0, 0.05) is 24.3 Å². The number of nitrogens with one attached hydrogen (secondary N) is 1. The van der Waals surface area contributed by atoms with E-state index in [1.165, 1.54) is 44.3 Å². The van der Waals surface area contributed by atoms with Gasteiger partial charge in [-0.3, -0.25) is 4.79 Å². The van der Waals surface area contributed by atoms with Crippen LogP contribution in [-0.2, 0) is 14.3 Å². The summed E-state index contributed by atoms with van der Waals surface area (Å²) in [5.41, 5.74) is 1.70. The highest BCUT2D eigenvalue weighted by molar-refractivity contribution is 5.93. The lowest BCUT2D eigenvalue weighted by molar-refractivity contribution is -0.156. The fourth-order valence-corrected chi connectivity index (χ4v) is 6.25. The second kappa shape index (κ2) is 12.9. The molecule has 3 aliphatic rings. The van der Waals surface area contributed by atoms with Gasteiger partial charge in [-0.1, -0.05) is 12.1 Å². The molecule has 1 aromatic heterocycles. The Morgan fingerprint density at radius 2 is 1.71 bits per heavy atom. The van der Waals surface area contributed by atoms with E-state index in [-0.39, 0.29) is 30.2 Å². The highest BCUT2D eigenvalue weighted by Gasteiger charge is 2.34. The second-order valence-corrected chi connectivity index (χ2v) is 12.9. The minimum Gasteiger partial charge on any atom is -0.461 e. The lowest BCUT2D eigenvalue weighted by Gasteiger charge is -2.39. The zero-order chi connectivity index (χ0) is 29.9. The predicted molar refractivity (Wildman–Crippen MR) is 162 cm³/mol. The van der Waals surface area contributed by atoms with Gasteiger partial charge in [0.25, 0.3) is 0 Å². The van der Waals surface area contributed by atoms with E-state index in [0.29, 0.717) is 24.1 Å². The normalized spacial score (nSPS) is 22.1. The lowest BCUT2D eigenvalue weighted by atomic mass is 9.87. The summed E-state index contributed by atoms with van der Waals surface area (Å²) in [4.78, 5) is 34.8. The molecule has 10 heteroatoms. The van der Waals surface area contributed by atoms with Gasteiger partial charge in [0.1, 0.15) is 5.60 Å². The summed E-state index contributed by atoms with van der Waals surface area (Å²) in [5.74, 6) is 0.640. The van der Waals surface area contributed by atoms with Crippen molar-refractivity contribution >= 4 is 29.4 Å². The predicted octanol–water partition coefficient (Wildman–Crippen LogP) is 5.47. The molecule has 2 saturated heterocycles. The lowest BCUT2D eigenvalue weighted by Crippen LogP contribution is -2.45. The standard InChI is InChI=1S/C32H46N6O4/c1-6-41-30(40)28-29(33-25-11-9-22(10-12-25)23-15-18-37(19-16-23)26-13-14-26)34-31(36-35-28)38-17-7-8-24(21(38)2)20-27(39)42-32(3,4)5/h9-12,21,23-24,26H,6-8,13-20H2,1-5H3,(H,33,34,36)/t21-,24+/m1/s1. The first kappa shape index (κ1) is 30.2. The topological polar surface area (TPSA) is 110 Å². The Bertz CT molecular complexity index is 1230. The molecule has 228 valence electrons. The van der Waals surface area contributed by atoms with E-state index < -0.39 is 11.6 Å². The number of hydrogen-bond acceptors (Lipinski definition) is 10. The largest absolute Gasteiger partial charge is 0.461 e. The highest BCUT2D eigenvalue weighted by Crippen LogP contribution is 2.35. The number of piperidine rings is 2. The summed E-state index contributed by atoms with van der Waals surface area (Å²) in [7, 11) is 0. The van der Waals surface area contributed by atoms with E-state index in [2.05, 4.69) is 44.4 Å². The molecule has 0 bridgehead atoms. The van der Waals surface area contributed by atoms with Gasteiger partial charge in [0.05, 0.1) is 13.0 Å². The number of anilines is 3. The minimum atomic E-state index is -0.569. The van der Waals surface area contributed by atoms with Crippen LogP contribution in [0.1, 0.15) is 102 Å². The number of carbonyl (C=O) groups is 2. The number of benzene rings is 1. The van der Waals surface area contributed by atoms with Crippen molar-refractivity contribution in [2.75, 3.05) is 36.5 Å². The second-order valence-electron chi connectivity index (χ2n) is 12.9. The summed E-state index contributed by atoms with van der Waals surface area (Å²) in [6.07, 6.45) is 7.26. The molecule has 5 rings (SSSR count). The van der Waals surface area contributed by atoms with Gasteiger partial charge < -0.3 is 24.6 Å². The maximum atomic E-state index is 12.8. The Morgan fingerprint density at radius 3 is 2.36 bits per heavy atom. The first-order chi connectivity index (χ1) is 20.1. The Labute approximate surface area is 249 Å². The fraction of sp³-hybridized carbons (Fsp3) is 0.656. The van der Waals surface area contributed by atoms with E-state index >= 15 is 0 Å². The Hall–Kier alpha value is -3.27. The van der Waals surface area contributed by atoms with Gasteiger partial charge in [-0.25, -0.2) is 4.79 Å². The SMILES string of the molecule is CCOC(=O)c1nnc(N2CCC[C@@H](CC(=O)OC(C)(C)C)[C@H]2C)nc1Nc1ccc(C2CCN(C3CC3)CC2)cc1. The van der Waals surface area contributed by atoms with Crippen molar-refractivity contribution in [3.05, 3.63) is 35.5 Å². The smallest absolute Gasteiger partial charge is 0.362 e. The molecule has 2 aromatic rings. The number of rotatable bonds is 9. The maximum Gasteiger partial charge on any atom is 0.362 e. The zero-order valence-corrected chi connectivity index (χ0v) is 25.8. The van der Waals surface area contributed by atoms with Crippen molar-refractivity contribution in [2.24, 2.45) is 5.92 Å². The average molecular weight is 579 g/mol. The molecule has 1 aromatic carbocycles. The van der Waals surface area contributed by atoms with Crippen LogP contribution in [0.2, 0.25) is 0 Å². The van der Waals surface area contributed by atoms with Crippen LogP contribution in [0.5, 0.6) is 0 Å². The molecule has 2 aliphatic heterocycles. The van der Waals surface area contributed by atoms with Gasteiger partial charge in [0.15, 0.2) is 5.82 Å². The van der Waals surface area contributed by atoms with E-state index in [9.17, 15) is 9.59 Å². The van der Waals surface area contributed by atoms with Crippen LogP contribution in [-0.4, -0.2) is 75.9 Å². The zero-order valence-electron chi connectivity index (χ0n) is 25.8. The van der Waals surface area contributed by atoms with Crippen LogP contribution in [0.3, 0.4) is 0 Å². The van der Waals surface area contributed by atoms with Crippen molar-refractivity contribution in [1.82, 2.24) is 20.1 Å². The number of hydrogen-bond donors (Lipinski definition) is 1. The summed E-state index contributed by atoms with van der Waals surface area (Å²) >= 11 is 0. The Balaban J connectivity index is 1.30. The molecule has 3 heterocycles. The number of aromatic nitrogens is 3. The Morgan fingerprint density at radius 1 is 1.00 bits per heavy atom. The summed E-state index contributed by atoms with van der Waals surface area (Å²) < 4.78 is 10.8. The Kier molecular flexibility index (Phi) is 9.30. The van der Waals surface area contributed by atoms with E-state index in [0.717, 1.165) is 31.1 Å². The van der Waals surface area contributed by atoms with Gasteiger partial charge in [-0.15, -0.1) is 10.2 Å². The average Bonchev–Trinajstić information content (AvgIpc) is 3.80. The van der Waals surface area contributed by atoms with Crippen LogP contribution >= 0.6 is 0 Å². The molecule has 1 aliphatic carbocycles. The van der Waals surface area contributed by atoms with Crippen molar-refractivity contribution in [3.8, 4) is 0 Å². The van der Waals surface area contributed by atoms with Crippen LogP contribution in [0.25, 0.3) is 0 Å². The highest BCUT2D eigenvalue weighted by atomic mass is 16.6. The van der Waals surface area contributed by atoms with Gasteiger partial charge in [-0.05, 0) is 116 Å². The first-order valence-corrected chi connectivity index (χ1v) is 15.6. The number of nitrogens with zero attached hydrogens (tertiary/aromatic N) is 5. The van der Waals surface area contributed by atoms with Crippen LogP contribution in [0.4, 0.5) is 17.5 Å². The van der Waals surface area contributed by atoms with E-state index in [4.69, 9.17) is 14.5 Å². The molecule has 10 nitrogen and oxygen atoms in total. The summed E-state index contributed by atoms with van der Waals surface area (Å²) in [6.45, 7) is 12.8. The number of likely N-dealkylation sites (tertiary alicyclic amines) is 1. The fourth-order valence-electron chi connectivity index (χ4n) is 6.25. The molecule has 1 saturated carbocycles. The minimum absolute atomic E-state index is 0.0000212. The van der Waals surface area contributed by atoms with Crippen molar-refractivity contribution in [1.29, 1.82) is 0 Å². The van der Waals surface area contributed by atoms with Crippen LogP contribution in [0.15, 0.2) is 24.3 Å². The number of ether oxygens (including phenoxy) is 2. The molecule has 0 spiro atoms.